The molecule has 0 aliphatic heterocycles. The molecular formula is C18H21N3O2. The van der Waals surface area contributed by atoms with Crippen molar-refractivity contribution in [3.05, 3.63) is 71.8 Å². The number of carbonyl (C=O) groups excluding carboxylic acids is 2. The number of hydrazine groups is 1. The summed E-state index contributed by atoms with van der Waals surface area (Å²) in [7, 11) is 3.47. The van der Waals surface area contributed by atoms with Crippen LogP contribution in [0.2, 0.25) is 0 Å². The topological polar surface area (TPSA) is 61.4 Å². The van der Waals surface area contributed by atoms with Crippen molar-refractivity contribution in [1.82, 2.24) is 15.8 Å². The van der Waals surface area contributed by atoms with Crippen molar-refractivity contribution >= 4 is 11.8 Å². The number of nitrogens with one attached hydrogen (secondary N) is 2. The van der Waals surface area contributed by atoms with Crippen molar-refractivity contribution in [1.29, 1.82) is 0 Å². The predicted molar refractivity (Wildman–Crippen MR) is 89.7 cm³/mol. The van der Waals surface area contributed by atoms with Gasteiger partial charge in [0.05, 0.1) is 0 Å². The van der Waals surface area contributed by atoms with E-state index in [4.69, 9.17) is 0 Å². The Morgan fingerprint density at radius 2 is 1.52 bits per heavy atom. The number of carbonyl (C=O) groups is 2. The quantitative estimate of drug-likeness (QED) is 0.797. The van der Waals surface area contributed by atoms with Crippen LogP contribution in [0.1, 0.15) is 15.9 Å². The molecule has 23 heavy (non-hydrogen) atoms. The molecule has 0 radical (unpaired) electrons. The van der Waals surface area contributed by atoms with Gasteiger partial charge in [0.25, 0.3) is 11.8 Å². The largest absolute Gasteiger partial charge is 0.340 e. The molecule has 0 bridgehead atoms. The van der Waals surface area contributed by atoms with Crippen LogP contribution in [0.3, 0.4) is 0 Å². The van der Waals surface area contributed by atoms with E-state index in [9.17, 15) is 9.59 Å². The van der Waals surface area contributed by atoms with Crippen LogP contribution in [0.5, 0.6) is 0 Å². The van der Waals surface area contributed by atoms with Crippen molar-refractivity contribution in [3.8, 4) is 0 Å². The Morgan fingerprint density at radius 1 is 0.957 bits per heavy atom. The average Bonchev–Trinajstić information content (AvgIpc) is 2.55. The van der Waals surface area contributed by atoms with Crippen LogP contribution in [0.4, 0.5) is 0 Å². The second-order valence-corrected chi connectivity index (χ2v) is 5.45. The Labute approximate surface area is 136 Å². The molecule has 1 atom stereocenters. The van der Waals surface area contributed by atoms with Crippen LogP contribution in [-0.4, -0.2) is 37.0 Å². The Kier molecular flexibility index (Phi) is 5.88. The third-order valence-corrected chi connectivity index (χ3v) is 3.27. The number of amides is 2. The van der Waals surface area contributed by atoms with Gasteiger partial charge in [-0.2, -0.15) is 0 Å². The van der Waals surface area contributed by atoms with Crippen molar-refractivity contribution < 1.29 is 9.59 Å². The summed E-state index contributed by atoms with van der Waals surface area (Å²) in [6.45, 7) is 0. The first-order valence-corrected chi connectivity index (χ1v) is 7.44. The minimum absolute atomic E-state index is 0.247. The molecule has 2 aromatic carbocycles. The molecule has 0 unspecified atom stereocenters. The smallest absolute Gasteiger partial charge is 0.257 e. The summed E-state index contributed by atoms with van der Waals surface area (Å²) in [4.78, 5) is 24.7. The Morgan fingerprint density at radius 3 is 2.09 bits per heavy atom. The zero-order valence-corrected chi connectivity index (χ0v) is 13.3. The SMILES string of the molecule is CN(C)NC(=O)[C@H](Cc1ccccc1)NC(=O)c1ccccc1. The number of benzene rings is 2. The molecule has 0 aliphatic carbocycles. The summed E-state index contributed by atoms with van der Waals surface area (Å²) in [5.41, 5.74) is 4.22. The molecular weight excluding hydrogens is 290 g/mol. The zero-order valence-electron chi connectivity index (χ0n) is 13.3. The minimum atomic E-state index is -0.646. The molecule has 120 valence electrons. The van der Waals surface area contributed by atoms with Crippen LogP contribution in [0.25, 0.3) is 0 Å². The van der Waals surface area contributed by atoms with Crippen LogP contribution < -0.4 is 10.7 Å². The molecule has 2 aromatic rings. The average molecular weight is 311 g/mol. The van der Waals surface area contributed by atoms with Gasteiger partial charge in [0.2, 0.25) is 0 Å². The van der Waals surface area contributed by atoms with Crippen LogP contribution in [0, 0.1) is 0 Å². The van der Waals surface area contributed by atoms with E-state index >= 15 is 0 Å². The molecule has 0 aliphatic rings. The number of hydrogen-bond donors (Lipinski definition) is 2. The lowest BCUT2D eigenvalue weighted by molar-refractivity contribution is -0.126. The fraction of sp³-hybridized carbons (Fsp3) is 0.222. The zero-order chi connectivity index (χ0) is 16.7. The fourth-order valence-electron chi connectivity index (χ4n) is 2.19. The highest BCUT2D eigenvalue weighted by atomic mass is 16.2. The van der Waals surface area contributed by atoms with Crippen LogP contribution in [-0.2, 0) is 11.2 Å². The standard InChI is InChI=1S/C18H21N3O2/c1-21(2)20-18(23)16(13-14-9-5-3-6-10-14)19-17(22)15-11-7-4-8-12-15/h3-12,16H,13H2,1-2H3,(H,19,22)(H,20,23)/t16-/m0/s1. The molecule has 2 rings (SSSR count). The van der Waals surface area contributed by atoms with Gasteiger partial charge in [-0.05, 0) is 17.7 Å². The molecule has 0 spiro atoms. The summed E-state index contributed by atoms with van der Waals surface area (Å²) in [5.74, 6) is -0.511. The van der Waals surface area contributed by atoms with Gasteiger partial charge in [-0.25, -0.2) is 5.01 Å². The number of hydrogen-bond acceptors (Lipinski definition) is 3. The van der Waals surface area contributed by atoms with E-state index in [-0.39, 0.29) is 11.8 Å². The van der Waals surface area contributed by atoms with Crippen molar-refractivity contribution in [2.75, 3.05) is 14.1 Å². The second-order valence-electron chi connectivity index (χ2n) is 5.45. The number of nitrogens with zero attached hydrogens (tertiary/aromatic N) is 1. The van der Waals surface area contributed by atoms with E-state index in [2.05, 4.69) is 10.7 Å². The van der Waals surface area contributed by atoms with Crippen LogP contribution in [0.15, 0.2) is 60.7 Å². The Bertz CT molecular complexity index is 642. The molecule has 0 saturated heterocycles. The first-order chi connectivity index (χ1) is 11.1. The molecule has 0 aromatic heterocycles. The highest BCUT2D eigenvalue weighted by Gasteiger charge is 2.22. The molecule has 2 amide bonds. The van der Waals surface area contributed by atoms with Gasteiger partial charge in [0.1, 0.15) is 6.04 Å². The molecule has 0 heterocycles. The summed E-state index contributed by atoms with van der Waals surface area (Å²) in [6, 6.07) is 17.8. The maximum Gasteiger partial charge on any atom is 0.257 e. The van der Waals surface area contributed by atoms with Gasteiger partial charge in [0, 0.05) is 26.1 Å². The first kappa shape index (κ1) is 16.7. The van der Waals surface area contributed by atoms with Gasteiger partial charge in [0.15, 0.2) is 0 Å². The lowest BCUT2D eigenvalue weighted by atomic mass is 10.0. The maximum absolute atomic E-state index is 12.4. The Balaban J connectivity index is 2.12. The van der Waals surface area contributed by atoms with Gasteiger partial charge in [-0.1, -0.05) is 48.5 Å². The van der Waals surface area contributed by atoms with Crippen LogP contribution >= 0.6 is 0 Å². The normalized spacial score (nSPS) is 11.8. The lowest BCUT2D eigenvalue weighted by Gasteiger charge is -2.21. The fourth-order valence-corrected chi connectivity index (χ4v) is 2.19. The van der Waals surface area contributed by atoms with Gasteiger partial charge >= 0.3 is 0 Å². The number of rotatable bonds is 6. The van der Waals surface area contributed by atoms with Gasteiger partial charge in [-0.15, -0.1) is 0 Å². The lowest BCUT2D eigenvalue weighted by Crippen LogP contribution is -2.51. The van der Waals surface area contributed by atoms with Crippen molar-refractivity contribution in [2.24, 2.45) is 0 Å². The summed E-state index contributed by atoms with van der Waals surface area (Å²) in [5, 5.41) is 4.37. The third kappa shape index (κ3) is 5.23. The molecule has 0 fully saturated rings. The van der Waals surface area contributed by atoms with Gasteiger partial charge < -0.3 is 5.32 Å². The summed E-state index contributed by atoms with van der Waals surface area (Å²) in [6.07, 6.45) is 0.430. The first-order valence-electron chi connectivity index (χ1n) is 7.44. The molecule has 2 N–H and O–H groups in total. The molecule has 5 nitrogen and oxygen atoms in total. The third-order valence-electron chi connectivity index (χ3n) is 3.27. The van der Waals surface area contributed by atoms with Gasteiger partial charge in [-0.3, -0.25) is 15.0 Å². The summed E-state index contributed by atoms with van der Waals surface area (Å²) >= 11 is 0. The van der Waals surface area contributed by atoms with E-state index in [0.29, 0.717) is 12.0 Å². The van der Waals surface area contributed by atoms with E-state index < -0.39 is 6.04 Å². The van der Waals surface area contributed by atoms with E-state index in [1.54, 1.807) is 43.4 Å². The maximum atomic E-state index is 12.4. The van der Waals surface area contributed by atoms with E-state index in [1.165, 1.54) is 0 Å². The van der Waals surface area contributed by atoms with E-state index in [0.717, 1.165) is 5.56 Å². The highest BCUT2D eigenvalue weighted by molar-refractivity contribution is 5.97. The molecule has 0 saturated carbocycles. The minimum Gasteiger partial charge on any atom is -0.340 e. The highest BCUT2D eigenvalue weighted by Crippen LogP contribution is 2.06. The summed E-state index contributed by atoms with van der Waals surface area (Å²) < 4.78 is 0. The molecule has 5 heteroatoms. The Hall–Kier alpha value is -2.66. The van der Waals surface area contributed by atoms with Crippen molar-refractivity contribution in [3.63, 3.8) is 0 Å². The van der Waals surface area contributed by atoms with E-state index in [1.807, 2.05) is 36.4 Å². The van der Waals surface area contributed by atoms with Crippen molar-refractivity contribution in [2.45, 2.75) is 12.5 Å². The predicted octanol–water partition coefficient (Wildman–Crippen LogP) is 1.62. The monoisotopic (exact) mass is 311 g/mol. The second kappa shape index (κ2) is 8.10.